The Kier molecular flexibility index (Phi) is 4.39. The second-order valence-electron chi connectivity index (χ2n) is 4.74. The molecule has 2 aromatic carbocycles. The van der Waals surface area contributed by atoms with E-state index in [1.807, 2.05) is 6.92 Å². The standard InChI is InChI=1S/C14H13ClN2O4S/c1-9-3-5-11(6-4-9)22(20,21)16-13-8-7-12(15)10(2)14(13)17(18)19/h3-8,16H,1-2H3. The first-order valence-electron chi connectivity index (χ1n) is 6.25. The molecule has 0 atom stereocenters. The number of nitro benzene ring substituents is 1. The van der Waals surface area contributed by atoms with E-state index in [4.69, 9.17) is 11.6 Å². The van der Waals surface area contributed by atoms with Gasteiger partial charge in [0.1, 0.15) is 5.69 Å². The van der Waals surface area contributed by atoms with E-state index in [-0.39, 0.29) is 26.9 Å². The van der Waals surface area contributed by atoms with Crippen LogP contribution in [0.15, 0.2) is 41.3 Å². The van der Waals surface area contributed by atoms with Crippen molar-refractivity contribution in [3.63, 3.8) is 0 Å². The molecule has 0 saturated carbocycles. The van der Waals surface area contributed by atoms with E-state index in [0.29, 0.717) is 0 Å². The van der Waals surface area contributed by atoms with Crippen molar-refractivity contribution in [2.24, 2.45) is 0 Å². The number of nitrogens with one attached hydrogen (secondary N) is 1. The molecule has 2 rings (SSSR count). The van der Waals surface area contributed by atoms with Crippen LogP contribution in [0.3, 0.4) is 0 Å². The number of hydrogen-bond acceptors (Lipinski definition) is 4. The minimum absolute atomic E-state index is 0.0278. The molecule has 116 valence electrons. The van der Waals surface area contributed by atoms with E-state index in [1.54, 1.807) is 12.1 Å². The molecule has 0 spiro atoms. The molecular formula is C14H13ClN2O4S. The number of aryl methyl sites for hydroxylation is 1. The van der Waals surface area contributed by atoms with Crippen LogP contribution in [0.5, 0.6) is 0 Å². The maximum Gasteiger partial charge on any atom is 0.297 e. The quantitative estimate of drug-likeness (QED) is 0.679. The number of sulfonamides is 1. The minimum Gasteiger partial charge on any atom is -0.273 e. The molecule has 0 bridgehead atoms. The number of nitrogens with zero attached hydrogens (tertiary/aromatic N) is 1. The fraction of sp³-hybridized carbons (Fsp3) is 0.143. The number of halogens is 1. The molecule has 0 saturated heterocycles. The molecule has 6 nitrogen and oxygen atoms in total. The highest BCUT2D eigenvalue weighted by molar-refractivity contribution is 7.92. The Morgan fingerprint density at radius 2 is 1.68 bits per heavy atom. The summed E-state index contributed by atoms with van der Waals surface area (Å²) in [5, 5.41) is 11.4. The van der Waals surface area contributed by atoms with E-state index in [0.717, 1.165) is 5.56 Å². The number of anilines is 1. The molecule has 0 radical (unpaired) electrons. The topological polar surface area (TPSA) is 89.3 Å². The molecule has 0 amide bonds. The Labute approximate surface area is 132 Å². The third kappa shape index (κ3) is 3.20. The lowest BCUT2D eigenvalue weighted by Crippen LogP contribution is -2.14. The van der Waals surface area contributed by atoms with Gasteiger partial charge in [0, 0.05) is 5.56 Å². The molecule has 0 unspecified atom stereocenters. The molecule has 0 fully saturated rings. The van der Waals surface area contributed by atoms with E-state index in [2.05, 4.69) is 4.72 Å². The Morgan fingerprint density at radius 1 is 1.09 bits per heavy atom. The zero-order valence-electron chi connectivity index (χ0n) is 11.8. The van der Waals surface area contributed by atoms with Crippen LogP contribution in [0, 0.1) is 24.0 Å². The van der Waals surface area contributed by atoms with Crippen LogP contribution < -0.4 is 4.72 Å². The van der Waals surface area contributed by atoms with E-state index in [1.165, 1.54) is 31.2 Å². The average Bonchev–Trinajstić information content (AvgIpc) is 2.43. The second kappa shape index (κ2) is 5.94. The van der Waals surface area contributed by atoms with Crippen LogP contribution in [0.2, 0.25) is 5.02 Å². The molecule has 0 aliphatic rings. The van der Waals surface area contributed by atoms with Crippen molar-refractivity contribution in [2.75, 3.05) is 4.72 Å². The van der Waals surface area contributed by atoms with Crippen molar-refractivity contribution in [2.45, 2.75) is 18.7 Å². The molecule has 0 aliphatic heterocycles. The largest absolute Gasteiger partial charge is 0.297 e. The zero-order valence-corrected chi connectivity index (χ0v) is 13.4. The Hall–Kier alpha value is -2.12. The number of benzene rings is 2. The SMILES string of the molecule is Cc1ccc(S(=O)(=O)Nc2ccc(Cl)c(C)c2[N+](=O)[O-])cc1. The average molecular weight is 341 g/mol. The third-order valence-corrected chi connectivity index (χ3v) is 4.91. The Balaban J connectivity index is 2.48. The highest BCUT2D eigenvalue weighted by Crippen LogP contribution is 2.34. The van der Waals surface area contributed by atoms with E-state index >= 15 is 0 Å². The lowest BCUT2D eigenvalue weighted by atomic mass is 10.2. The molecule has 8 heteroatoms. The van der Waals surface area contributed by atoms with Gasteiger partial charge in [0.05, 0.1) is 14.8 Å². The van der Waals surface area contributed by atoms with Gasteiger partial charge in [-0.15, -0.1) is 0 Å². The summed E-state index contributed by atoms with van der Waals surface area (Å²) in [6.45, 7) is 3.29. The Bertz CT molecular complexity index is 833. The van der Waals surface area contributed by atoms with Crippen LogP contribution in [-0.4, -0.2) is 13.3 Å². The molecule has 0 aliphatic carbocycles. The fourth-order valence-electron chi connectivity index (χ4n) is 1.91. The molecule has 0 heterocycles. The van der Waals surface area contributed by atoms with Crippen LogP contribution in [-0.2, 0) is 10.0 Å². The number of hydrogen-bond donors (Lipinski definition) is 1. The normalized spacial score (nSPS) is 11.2. The van der Waals surface area contributed by atoms with E-state index in [9.17, 15) is 18.5 Å². The maximum absolute atomic E-state index is 12.3. The highest BCUT2D eigenvalue weighted by atomic mass is 35.5. The van der Waals surface area contributed by atoms with Gasteiger partial charge in [-0.25, -0.2) is 8.42 Å². The molecule has 2 aromatic rings. The van der Waals surface area contributed by atoms with Gasteiger partial charge in [-0.3, -0.25) is 14.8 Å². The lowest BCUT2D eigenvalue weighted by molar-refractivity contribution is -0.384. The highest BCUT2D eigenvalue weighted by Gasteiger charge is 2.24. The van der Waals surface area contributed by atoms with Gasteiger partial charge in [-0.05, 0) is 38.1 Å². The summed E-state index contributed by atoms with van der Waals surface area (Å²) in [4.78, 5) is 10.5. The monoisotopic (exact) mass is 340 g/mol. The maximum atomic E-state index is 12.3. The molecule has 22 heavy (non-hydrogen) atoms. The summed E-state index contributed by atoms with van der Waals surface area (Å²) in [6.07, 6.45) is 0. The fourth-order valence-corrected chi connectivity index (χ4v) is 3.13. The van der Waals surface area contributed by atoms with Gasteiger partial charge in [0.25, 0.3) is 15.7 Å². The summed E-state index contributed by atoms with van der Waals surface area (Å²) >= 11 is 5.85. The van der Waals surface area contributed by atoms with Crippen molar-refractivity contribution in [3.05, 3.63) is 62.7 Å². The molecule has 1 N–H and O–H groups in total. The van der Waals surface area contributed by atoms with Gasteiger partial charge >= 0.3 is 0 Å². The smallest absolute Gasteiger partial charge is 0.273 e. The van der Waals surface area contributed by atoms with Crippen LogP contribution in [0.4, 0.5) is 11.4 Å². The lowest BCUT2D eigenvalue weighted by Gasteiger charge is -2.10. The van der Waals surface area contributed by atoms with Crippen molar-refractivity contribution >= 4 is 33.0 Å². The van der Waals surface area contributed by atoms with Crippen molar-refractivity contribution in [1.82, 2.24) is 0 Å². The summed E-state index contributed by atoms with van der Waals surface area (Å²) in [5.74, 6) is 0. The van der Waals surface area contributed by atoms with Gasteiger partial charge in [0.2, 0.25) is 0 Å². The number of rotatable bonds is 4. The van der Waals surface area contributed by atoms with Crippen LogP contribution in [0.25, 0.3) is 0 Å². The van der Waals surface area contributed by atoms with Crippen molar-refractivity contribution in [1.29, 1.82) is 0 Å². The van der Waals surface area contributed by atoms with Crippen molar-refractivity contribution < 1.29 is 13.3 Å². The van der Waals surface area contributed by atoms with E-state index < -0.39 is 14.9 Å². The molecule has 0 aromatic heterocycles. The summed E-state index contributed by atoms with van der Waals surface area (Å²) < 4.78 is 26.9. The third-order valence-electron chi connectivity index (χ3n) is 3.12. The summed E-state index contributed by atoms with van der Waals surface area (Å²) in [5.41, 5.74) is 0.638. The van der Waals surface area contributed by atoms with Crippen LogP contribution >= 0.6 is 11.6 Å². The first-order valence-corrected chi connectivity index (χ1v) is 8.11. The minimum atomic E-state index is -3.91. The first kappa shape index (κ1) is 16.3. The summed E-state index contributed by atoms with van der Waals surface area (Å²) in [7, 11) is -3.91. The van der Waals surface area contributed by atoms with Gasteiger partial charge < -0.3 is 0 Å². The summed E-state index contributed by atoms with van der Waals surface area (Å²) in [6, 6.07) is 8.86. The van der Waals surface area contributed by atoms with Crippen molar-refractivity contribution in [3.8, 4) is 0 Å². The predicted molar refractivity (Wildman–Crippen MR) is 84.8 cm³/mol. The van der Waals surface area contributed by atoms with Gasteiger partial charge in [-0.2, -0.15) is 0 Å². The number of nitro groups is 1. The van der Waals surface area contributed by atoms with Crippen LogP contribution in [0.1, 0.15) is 11.1 Å². The first-order chi connectivity index (χ1) is 10.2. The predicted octanol–water partition coefficient (Wildman–Crippen LogP) is 3.67. The Morgan fingerprint density at radius 3 is 2.23 bits per heavy atom. The van der Waals surface area contributed by atoms with Gasteiger partial charge in [0.15, 0.2) is 0 Å². The second-order valence-corrected chi connectivity index (χ2v) is 6.83. The molecular weight excluding hydrogens is 328 g/mol. The zero-order chi connectivity index (χ0) is 16.5. The van der Waals surface area contributed by atoms with Gasteiger partial charge in [-0.1, -0.05) is 29.3 Å².